The van der Waals surface area contributed by atoms with E-state index < -0.39 is 5.97 Å². The molecule has 3 rings (SSSR count). The molecule has 0 bridgehead atoms. The lowest BCUT2D eigenvalue weighted by Crippen LogP contribution is -2.21. The Balaban J connectivity index is 0.000000890. The van der Waals surface area contributed by atoms with Crippen LogP contribution in [0.3, 0.4) is 0 Å². The lowest BCUT2D eigenvalue weighted by Gasteiger charge is -2.22. The summed E-state index contributed by atoms with van der Waals surface area (Å²) >= 11 is 0. The Morgan fingerprint density at radius 1 is 0.788 bits per heavy atom. The normalized spacial score (nSPS) is 12.2. The molecule has 0 saturated carbocycles. The maximum Gasteiger partial charge on any atom is 0.199 e. The van der Waals surface area contributed by atoms with Gasteiger partial charge in [0.25, 0.3) is 0 Å². The summed E-state index contributed by atoms with van der Waals surface area (Å²) in [7, 11) is 0. The molecule has 0 aromatic heterocycles. The van der Waals surface area contributed by atoms with Crippen LogP contribution in [0.15, 0.2) is 84.5 Å². The Labute approximate surface area is 198 Å². The van der Waals surface area contributed by atoms with Gasteiger partial charge in [0.2, 0.25) is 0 Å². The molecule has 0 unspecified atom stereocenters. The van der Waals surface area contributed by atoms with Crippen molar-refractivity contribution in [3.8, 4) is 0 Å². The summed E-state index contributed by atoms with van der Waals surface area (Å²) in [6.45, 7) is 13.9. The van der Waals surface area contributed by atoms with E-state index in [9.17, 15) is 0 Å². The van der Waals surface area contributed by atoms with Crippen LogP contribution in [-0.4, -0.2) is 42.4 Å². The van der Waals surface area contributed by atoms with Gasteiger partial charge in [-0.2, -0.15) is 0 Å². The number of benzene rings is 2. The van der Waals surface area contributed by atoms with Gasteiger partial charge in [0, 0.05) is 36.9 Å². The molecular formula is C29H36N2O2. The number of hydrogen-bond acceptors (Lipinski definition) is 3. The van der Waals surface area contributed by atoms with Gasteiger partial charge in [-0.1, -0.05) is 42.5 Å². The van der Waals surface area contributed by atoms with Gasteiger partial charge in [-0.05, 0) is 81.2 Å². The number of carboxylic acid groups (broad SMARTS) is 1. The third kappa shape index (κ3) is 7.31. The van der Waals surface area contributed by atoms with Gasteiger partial charge >= 0.3 is 0 Å². The summed E-state index contributed by atoms with van der Waals surface area (Å²) in [6.07, 6.45) is 9.01. The first-order valence-corrected chi connectivity index (χ1v) is 11.8. The van der Waals surface area contributed by atoms with Crippen molar-refractivity contribution < 1.29 is 14.5 Å². The minimum atomic E-state index is -1.08. The Morgan fingerprint density at radius 2 is 1.27 bits per heavy atom. The van der Waals surface area contributed by atoms with Crippen LogP contribution in [0, 0.1) is 0 Å². The van der Waals surface area contributed by atoms with Crippen LogP contribution in [0.5, 0.6) is 0 Å². The van der Waals surface area contributed by atoms with Crippen LogP contribution in [0.1, 0.15) is 45.7 Å². The minimum absolute atomic E-state index is 0.972. The van der Waals surface area contributed by atoms with Crippen molar-refractivity contribution in [1.82, 2.24) is 0 Å². The lowest BCUT2D eigenvalue weighted by atomic mass is 9.90. The molecule has 0 radical (unpaired) electrons. The van der Waals surface area contributed by atoms with Crippen LogP contribution >= 0.6 is 0 Å². The van der Waals surface area contributed by atoms with Gasteiger partial charge in [-0.15, -0.1) is 0 Å². The molecule has 4 nitrogen and oxygen atoms in total. The molecule has 2 aromatic rings. The van der Waals surface area contributed by atoms with E-state index >= 15 is 0 Å². The summed E-state index contributed by atoms with van der Waals surface area (Å²) in [6, 6.07) is 19.7. The van der Waals surface area contributed by atoms with Crippen molar-refractivity contribution in [2.24, 2.45) is 0 Å². The quantitative estimate of drug-likeness (QED) is 0.581. The lowest BCUT2D eigenvalue weighted by molar-refractivity contribution is -0.519. The summed E-state index contributed by atoms with van der Waals surface area (Å²) in [5.74, 6) is -1.08. The number of carbonyl (C=O) groups excluding carboxylic acids is 1. The number of nitrogens with zero attached hydrogens (tertiary/aromatic N) is 2. The third-order valence-electron chi connectivity index (χ3n) is 5.63. The molecule has 4 heteroatoms. The predicted octanol–water partition coefficient (Wildman–Crippen LogP) is 4.71. The Hall–Kier alpha value is -3.40. The fraction of sp³-hybridized carbons (Fsp3) is 0.310. The van der Waals surface area contributed by atoms with Crippen molar-refractivity contribution in [1.29, 1.82) is 0 Å². The second-order valence-corrected chi connectivity index (χ2v) is 7.67. The monoisotopic (exact) mass is 444 g/mol. The standard InChI is InChI=1S/C27H33N2.C2H4O2/c1-5-28(6-2)25-18-14-23(15-19-25)27(22-12-10-9-11-13-22)24-16-20-26(21-17-24)29(7-3)8-4;1-2(3)4/h9-21H,5-8H2,1-4H3;1H3,(H,3,4)/q+1;/p-1. The highest BCUT2D eigenvalue weighted by atomic mass is 16.4. The predicted molar refractivity (Wildman–Crippen MR) is 138 cm³/mol. The van der Waals surface area contributed by atoms with Crippen molar-refractivity contribution in [3.63, 3.8) is 0 Å². The van der Waals surface area contributed by atoms with Crippen molar-refractivity contribution in [3.05, 3.63) is 95.6 Å². The molecule has 1 aliphatic carbocycles. The molecule has 174 valence electrons. The maximum absolute atomic E-state index is 8.89. The molecule has 0 heterocycles. The number of anilines is 1. The number of hydrogen-bond donors (Lipinski definition) is 0. The summed E-state index contributed by atoms with van der Waals surface area (Å²) in [4.78, 5) is 11.3. The Kier molecular flexibility index (Phi) is 10.4. The number of carbonyl (C=O) groups is 1. The highest BCUT2D eigenvalue weighted by Gasteiger charge is 2.14. The van der Waals surface area contributed by atoms with E-state index in [1.807, 2.05) is 0 Å². The van der Waals surface area contributed by atoms with Crippen LogP contribution < -0.4 is 10.0 Å². The average Bonchev–Trinajstić information content (AvgIpc) is 2.83. The molecule has 0 atom stereocenters. The van der Waals surface area contributed by atoms with Crippen molar-refractivity contribution >= 4 is 22.9 Å². The zero-order valence-electron chi connectivity index (χ0n) is 20.5. The van der Waals surface area contributed by atoms with Crippen molar-refractivity contribution in [2.75, 3.05) is 31.1 Å². The number of allylic oxidation sites excluding steroid dienone is 5. The number of aliphatic carboxylic acids is 1. The maximum atomic E-state index is 8.89. The van der Waals surface area contributed by atoms with Gasteiger partial charge in [0.05, 0.1) is 0 Å². The molecular weight excluding hydrogens is 408 g/mol. The van der Waals surface area contributed by atoms with E-state index in [1.165, 1.54) is 33.7 Å². The molecule has 0 N–H and O–H groups in total. The second-order valence-electron chi connectivity index (χ2n) is 7.67. The summed E-state index contributed by atoms with van der Waals surface area (Å²) in [5.41, 5.74) is 7.60. The first-order valence-electron chi connectivity index (χ1n) is 11.8. The molecule has 2 aromatic carbocycles. The summed E-state index contributed by atoms with van der Waals surface area (Å²) in [5, 5.41) is 8.89. The number of rotatable bonds is 7. The third-order valence-corrected chi connectivity index (χ3v) is 5.63. The molecule has 0 spiro atoms. The fourth-order valence-electron chi connectivity index (χ4n) is 3.96. The van der Waals surface area contributed by atoms with Gasteiger partial charge in [-0.3, -0.25) is 0 Å². The molecule has 1 aliphatic rings. The Morgan fingerprint density at radius 3 is 1.73 bits per heavy atom. The van der Waals surface area contributed by atoms with E-state index in [4.69, 9.17) is 9.90 Å². The SMILES string of the molecule is CC(=O)[O-].CCN(CC)c1ccc(C(=C2C=CC(=[N+](CC)CC)C=C2)c2ccccc2)cc1. The first kappa shape index (κ1) is 25.9. The minimum Gasteiger partial charge on any atom is -0.550 e. The first-order chi connectivity index (χ1) is 15.9. The highest BCUT2D eigenvalue weighted by molar-refractivity contribution is 6.04. The van der Waals surface area contributed by atoms with Gasteiger partial charge in [-0.25, -0.2) is 4.58 Å². The van der Waals surface area contributed by atoms with E-state index in [0.717, 1.165) is 33.1 Å². The average molecular weight is 445 g/mol. The van der Waals surface area contributed by atoms with E-state index in [2.05, 4.69) is 116 Å². The van der Waals surface area contributed by atoms with Crippen molar-refractivity contribution in [2.45, 2.75) is 34.6 Å². The molecule has 0 aliphatic heterocycles. The van der Waals surface area contributed by atoms with Gasteiger partial charge in [0.1, 0.15) is 13.1 Å². The van der Waals surface area contributed by atoms with Gasteiger partial charge in [0.15, 0.2) is 5.71 Å². The van der Waals surface area contributed by atoms with Crippen LogP contribution in [-0.2, 0) is 4.79 Å². The van der Waals surface area contributed by atoms with Gasteiger partial charge < -0.3 is 14.8 Å². The zero-order valence-corrected chi connectivity index (χ0v) is 20.5. The Bertz CT molecular complexity index is 997. The molecule has 0 saturated heterocycles. The fourth-order valence-corrected chi connectivity index (χ4v) is 3.96. The number of carboxylic acids is 1. The smallest absolute Gasteiger partial charge is 0.199 e. The summed E-state index contributed by atoms with van der Waals surface area (Å²) < 4.78 is 2.38. The van der Waals surface area contributed by atoms with E-state index in [-0.39, 0.29) is 0 Å². The second kappa shape index (κ2) is 13.2. The molecule has 0 fully saturated rings. The topological polar surface area (TPSA) is 46.4 Å². The van der Waals surface area contributed by atoms with E-state index in [1.54, 1.807) is 0 Å². The van der Waals surface area contributed by atoms with Crippen LogP contribution in [0.2, 0.25) is 0 Å². The van der Waals surface area contributed by atoms with Crippen LogP contribution in [0.25, 0.3) is 5.57 Å². The van der Waals surface area contributed by atoms with Crippen LogP contribution in [0.4, 0.5) is 5.69 Å². The largest absolute Gasteiger partial charge is 0.550 e. The van der Waals surface area contributed by atoms with E-state index in [0.29, 0.717) is 0 Å². The zero-order chi connectivity index (χ0) is 24.2. The molecule has 0 amide bonds. The molecule has 33 heavy (non-hydrogen) atoms. The highest BCUT2D eigenvalue weighted by Crippen LogP contribution is 2.30.